The second kappa shape index (κ2) is 14.9. The summed E-state index contributed by atoms with van der Waals surface area (Å²) in [5.74, 6) is -1.78. The minimum absolute atomic E-state index is 0.0507. The number of carbonyl (C=O) groups is 5. The van der Waals surface area contributed by atoms with Crippen LogP contribution in [0.1, 0.15) is 60.3 Å². The van der Waals surface area contributed by atoms with Crippen LogP contribution in [-0.2, 0) is 25.6 Å². The van der Waals surface area contributed by atoms with Crippen LogP contribution in [0.5, 0.6) is 0 Å². The lowest BCUT2D eigenvalue weighted by Gasteiger charge is -2.27. The molecule has 4 N–H and O–H groups in total. The molecular weight excluding hydrogens is 564 g/mol. The number of aldehydes is 1. The van der Waals surface area contributed by atoms with Crippen molar-refractivity contribution in [2.75, 3.05) is 6.54 Å². The van der Waals surface area contributed by atoms with E-state index in [0.29, 0.717) is 30.5 Å². The summed E-state index contributed by atoms with van der Waals surface area (Å²) in [6, 6.07) is 12.8. The van der Waals surface area contributed by atoms with Crippen LogP contribution < -0.4 is 21.3 Å². The summed E-state index contributed by atoms with van der Waals surface area (Å²) in [5.41, 5.74) is 1.70. The second-order valence-electron chi connectivity index (χ2n) is 11.6. The topological polar surface area (TPSA) is 133 Å². The Balaban J connectivity index is 1.54. The van der Waals surface area contributed by atoms with Crippen molar-refractivity contribution in [3.05, 3.63) is 69.9 Å². The van der Waals surface area contributed by atoms with Crippen LogP contribution in [0.3, 0.4) is 0 Å². The Kier molecular flexibility index (Phi) is 11.1. The minimum Gasteiger partial charge on any atom is -0.356 e. The molecule has 4 rings (SSSR count). The third-order valence-electron chi connectivity index (χ3n) is 7.76. The largest absolute Gasteiger partial charge is 0.356 e. The first-order valence-electron chi connectivity index (χ1n) is 14.8. The Morgan fingerprint density at radius 3 is 2.44 bits per heavy atom. The molecule has 0 radical (unpaired) electrons. The molecule has 4 atom stereocenters. The van der Waals surface area contributed by atoms with Crippen molar-refractivity contribution in [3.63, 3.8) is 0 Å². The number of nitrogens with one attached hydrogen (secondary N) is 4. The average Bonchev–Trinajstić information content (AvgIpc) is 3.42. The first-order valence-corrected chi connectivity index (χ1v) is 15.7. The molecular formula is C33H40N4O5S. The molecule has 10 heteroatoms. The molecule has 1 aliphatic heterocycles. The molecule has 0 spiro atoms. The molecule has 9 nitrogen and oxygen atoms in total. The molecule has 0 aliphatic carbocycles. The number of aryl methyl sites for hydroxylation is 1. The maximum Gasteiger partial charge on any atom is 0.262 e. The Hall–Kier alpha value is -4.05. The van der Waals surface area contributed by atoms with Gasteiger partial charge in [0.15, 0.2) is 0 Å². The minimum atomic E-state index is -0.963. The zero-order valence-corrected chi connectivity index (χ0v) is 25.7. The van der Waals surface area contributed by atoms with Gasteiger partial charge in [-0.2, -0.15) is 0 Å². The predicted octanol–water partition coefficient (Wildman–Crippen LogP) is 3.68. The summed E-state index contributed by atoms with van der Waals surface area (Å²) in [6.45, 7) is 6.32. The molecule has 1 saturated heterocycles. The van der Waals surface area contributed by atoms with Crippen molar-refractivity contribution in [1.82, 2.24) is 21.3 Å². The standard InChI is InChI=1S/C33H40N4O5S/c1-20(2)16-27(31(40)35-25(19-38)17-24-11-7-14-34-30(24)39)36-32(41)28(37-33(42)29-21(3)13-15-43-29)18-23-10-6-9-22-8-4-5-12-26(22)23/h4-6,8-10,12-13,15,19-20,24-25,27-28H,7,11,14,16-18H2,1-3H3,(H,34,39)(H,35,40)(H,36,41)(H,37,42)/t24-,25-,27-,28-/m0/s1. The van der Waals surface area contributed by atoms with E-state index in [9.17, 15) is 24.0 Å². The number of carbonyl (C=O) groups excluding carboxylic acids is 5. The Morgan fingerprint density at radius 2 is 1.74 bits per heavy atom. The molecule has 228 valence electrons. The van der Waals surface area contributed by atoms with E-state index >= 15 is 0 Å². The highest BCUT2D eigenvalue weighted by atomic mass is 32.1. The van der Waals surface area contributed by atoms with Crippen LogP contribution in [0.4, 0.5) is 0 Å². The van der Waals surface area contributed by atoms with E-state index in [4.69, 9.17) is 0 Å². The van der Waals surface area contributed by atoms with E-state index in [1.54, 1.807) is 0 Å². The highest BCUT2D eigenvalue weighted by Gasteiger charge is 2.31. The van der Waals surface area contributed by atoms with Gasteiger partial charge in [0.25, 0.3) is 5.91 Å². The number of amides is 4. The molecule has 1 aliphatic rings. The zero-order valence-electron chi connectivity index (χ0n) is 24.9. The lowest BCUT2D eigenvalue weighted by molar-refractivity contribution is -0.132. The van der Waals surface area contributed by atoms with Crippen LogP contribution in [0.2, 0.25) is 0 Å². The maximum absolute atomic E-state index is 13.9. The number of hydrogen-bond donors (Lipinski definition) is 4. The smallest absolute Gasteiger partial charge is 0.262 e. The van der Waals surface area contributed by atoms with Crippen molar-refractivity contribution in [1.29, 1.82) is 0 Å². The van der Waals surface area contributed by atoms with Gasteiger partial charge in [-0.25, -0.2) is 0 Å². The average molecular weight is 605 g/mol. The SMILES string of the molecule is Cc1ccsc1C(=O)N[C@@H](Cc1cccc2ccccc12)C(=O)N[C@@H](CC(C)C)C(=O)N[C@H](C=O)C[C@@H]1CCCNC1=O. The van der Waals surface area contributed by atoms with Crippen molar-refractivity contribution in [3.8, 4) is 0 Å². The van der Waals surface area contributed by atoms with E-state index in [1.807, 2.05) is 74.7 Å². The lowest BCUT2D eigenvalue weighted by atomic mass is 9.91. The first kappa shape index (κ1) is 31.9. The normalized spacial score (nSPS) is 17.0. The number of fused-ring (bicyclic) bond motifs is 1. The number of hydrogen-bond acceptors (Lipinski definition) is 6. The van der Waals surface area contributed by atoms with E-state index in [2.05, 4.69) is 21.3 Å². The van der Waals surface area contributed by atoms with Gasteiger partial charge in [0.05, 0.1) is 10.9 Å². The van der Waals surface area contributed by atoms with E-state index in [0.717, 1.165) is 28.3 Å². The molecule has 0 saturated carbocycles. The number of benzene rings is 2. The van der Waals surface area contributed by atoms with E-state index in [1.165, 1.54) is 11.3 Å². The molecule has 1 fully saturated rings. The fourth-order valence-electron chi connectivity index (χ4n) is 5.50. The summed E-state index contributed by atoms with van der Waals surface area (Å²) < 4.78 is 0. The highest BCUT2D eigenvalue weighted by molar-refractivity contribution is 7.12. The summed E-state index contributed by atoms with van der Waals surface area (Å²) in [7, 11) is 0. The molecule has 4 amide bonds. The van der Waals surface area contributed by atoms with Crippen molar-refractivity contribution in [2.45, 2.75) is 71.0 Å². The van der Waals surface area contributed by atoms with E-state index in [-0.39, 0.29) is 36.5 Å². The molecule has 43 heavy (non-hydrogen) atoms. The van der Waals surface area contributed by atoms with Crippen molar-refractivity contribution >= 4 is 52.0 Å². The summed E-state index contributed by atoms with van der Waals surface area (Å²) >= 11 is 1.30. The Morgan fingerprint density at radius 1 is 1.00 bits per heavy atom. The van der Waals surface area contributed by atoms with Gasteiger partial charge in [-0.1, -0.05) is 56.3 Å². The number of piperidine rings is 1. The summed E-state index contributed by atoms with van der Waals surface area (Å²) in [6.07, 6.45) is 2.84. The lowest BCUT2D eigenvalue weighted by Crippen LogP contribution is -2.56. The monoisotopic (exact) mass is 604 g/mol. The second-order valence-corrected chi connectivity index (χ2v) is 12.5. The van der Waals surface area contributed by atoms with Crippen molar-refractivity contribution < 1.29 is 24.0 Å². The van der Waals surface area contributed by atoms with Gasteiger partial charge in [0.2, 0.25) is 17.7 Å². The Bertz CT molecular complexity index is 1460. The van der Waals surface area contributed by atoms with Gasteiger partial charge in [-0.05, 0) is 71.9 Å². The van der Waals surface area contributed by atoms with Crippen LogP contribution in [-0.4, -0.2) is 54.6 Å². The summed E-state index contributed by atoms with van der Waals surface area (Å²) in [4.78, 5) is 65.2. The number of rotatable bonds is 13. The van der Waals surface area contributed by atoms with Crippen LogP contribution in [0.15, 0.2) is 53.9 Å². The maximum atomic E-state index is 13.9. The summed E-state index contributed by atoms with van der Waals surface area (Å²) in [5, 5.41) is 15.1. The third kappa shape index (κ3) is 8.50. The van der Waals surface area contributed by atoms with Gasteiger partial charge in [-0.15, -0.1) is 11.3 Å². The molecule has 0 unspecified atom stereocenters. The van der Waals surface area contributed by atoms with E-state index < -0.39 is 29.9 Å². The molecule has 2 aromatic carbocycles. The molecule has 3 aromatic rings. The Labute approximate surface area is 256 Å². The quantitative estimate of drug-likeness (QED) is 0.221. The predicted molar refractivity (Wildman–Crippen MR) is 168 cm³/mol. The van der Waals surface area contributed by atoms with Gasteiger partial charge in [0, 0.05) is 18.9 Å². The molecule has 1 aromatic heterocycles. The van der Waals surface area contributed by atoms with Crippen LogP contribution in [0, 0.1) is 18.8 Å². The number of thiophene rings is 1. The third-order valence-corrected chi connectivity index (χ3v) is 8.78. The van der Waals surface area contributed by atoms with Crippen LogP contribution >= 0.6 is 11.3 Å². The van der Waals surface area contributed by atoms with Crippen LogP contribution in [0.25, 0.3) is 10.8 Å². The highest BCUT2D eigenvalue weighted by Crippen LogP contribution is 2.22. The van der Waals surface area contributed by atoms with Gasteiger partial charge in [-0.3, -0.25) is 19.2 Å². The van der Waals surface area contributed by atoms with Crippen molar-refractivity contribution in [2.24, 2.45) is 11.8 Å². The van der Waals surface area contributed by atoms with Gasteiger partial charge < -0.3 is 26.1 Å². The zero-order chi connectivity index (χ0) is 30.9. The van der Waals surface area contributed by atoms with Gasteiger partial charge >= 0.3 is 0 Å². The first-order chi connectivity index (χ1) is 20.7. The molecule has 2 heterocycles. The fraction of sp³-hybridized carbons (Fsp3) is 0.424. The van der Waals surface area contributed by atoms with Gasteiger partial charge in [0.1, 0.15) is 18.4 Å². The molecule has 0 bridgehead atoms. The fourth-order valence-corrected chi connectivity index (χ4v) is 6.33.